The summed E-state index contributed by atoms with van der Waals surface area (Å²) in [6, 6.07) is 7.66. The summed E-state index contributed by atoms with van der Waals surface area (Å²) in [6.07, 6.45) is 0. The highest BCUT2D eigenvalue weighted by atomic mass is 79.9. The molecule has 80 valence electrons. The van der Waals surface area contributed by atoms with Gasteiger partial charge in [-0.1, -0.05) is 45.4 Å². The molecule has 1 aliphatic heterocycles. The zero-order valence-corrected chi connectivity index (χ0v) is 11.1. The fourth-order valence-electron chi connectivity index (χ4n) is 1.26. The predicted molar refractivity (Wildman–Crippen MR) is 72.5 cm³/mol. The van der Waals surface area contributed by atoms with Gasteiger partial charge in [0, 0.05) is 21.3 Å². The van der Waals surface area contributed by atoms with Crippen molar-refractivity contribution in [3.63, 3.8) is 0 Å². The lowest BCUT2D eigenvalue weighted by Gasteiger charge is -2.06. The molecule has 0 bridgehead atoms. The molecule has 0 fully saturated rings. The van der Waals surface area contributed by atoms with Crippen LogP contribution in [0, 0.1) is 0 Å². The van der Waals surface area contributed by atoms with Crippen LogP contribution in [0.5, 0.6) is 0 Å². The van der Waals surface area contributed by atoms with Gasteiger partial charge >= 0.3 is 0 Å². The number of rotatable bonds is 2. The SMILES string of the molecule is Clc1cccc(NC2=NC[C@@H](CBr)S2)c1. The number of halogens is 2. The highest BCUT2D eigenvalue weighted by Crippen LogP contribution is 2.24. The van der Waals surface area contributed by atoms with Gasteiger partial charge in [0.15, 0.2) is 5.17 Å². The van der Waals surface area contributed by atoms with Crippen molar-refractivity contribution in [2.45, 2.75) is 5.25 Å². The Morgan fingerprint density at radius 3 is 3.13 bits per heavy atom. The van der Waals surface area contributed by atoms with Gasteiger partial charge in [0.1, 0.15) is 0 Å². The number of amidine groups is 1. The third-order valence-corrected chi connectivity index (χ3v) is 4.51. The van der Waals surface area contributed by atoms with E-state index in [4.69, 9.17) is 11.6 Å². The lowest BCUT2D eigenvalue weighted by molar-refractivity contribution is 0.993. The van der Waals surface area contributed by atoms with Crippen LogP contribution >= 0.6 is 39.3 Å². The Morgan fingerprint density at radius 1 is 1.60 bits per heavy atom. The normalized spacial score (nSPS) is 20.1. The maximum absolute atomic E-state index is 5.89. The molecule has 0 spiro atoms. The molecule has 0 aliphatic carbocycles. The van der Waals surface area contributed by atoms with Crippen LogP contribution in [-0.2, 0) is 0 Å². The molecule has 5 heteroatoms. The van der Waals surface area contributed by atoms with E-state index in [9.17, 15) is 0 Å². The smallest absolute Gasteiger partial charge is 0.161 e. The van der Waals surface area contributed by atoms with E-state index < -0.39 is 0 Å². The van der Waals surface area contributed by atoms with E-state index in [0.717, 1.165) is 27.8 Å². The van der Waals surface area contributed by atoms with E-state index in [1.807, 2.05) is 24.3 Å². The van der Waals surface area contributed by atoms with Gasteiger partial charge in [-0.15, -0.1) is 0 Å². The third kappa shape index (κ3) is 3.13. The molecule has 1 aromatic rings. The first-order chi connectivity index (χ1) is 7.28. The second kappa shape index (κ2) is 5.23. The van der Waals surface area contributed by atoms with Crippen LogP contribution < -0.4 is 5.32 Å². The van der Waals surface area contributed by atoms with E-state index in [-0.39, 0.29) is 0 Å². The van der Waals surface area contributed by atoms with E-state index in [1.165, 1.54) is 0 Å². The van der Waals surface area contributed by atoms with Crippen molar-refractivity contribution in [2.75, 3.05) is 17.2 Å². The number of nitrogens with one attached hydrogen (secondary N) is 1. The first-order valence-corrected chi connectivity index (χ1v) is 6.95. The number of hydrogen-bond donors (Lipinski definition) is 1. The zero-order valence-electron chi connectivity index (χ0n) is 7.91. The fraction of sp³-hybridized carbons (Fsp3) is 0.300. The Bertz CT molecular complexity index is 383. The molecule has 15 heavy (non-hydrogen) atoms. The minimum atomic E-state index is 0.548. The fourth-order valence-corrected chi connectivity index (χ4v) is 2.90. The van der Waals surface area contributed by atoms with Crippen molar-refractivity contribution < 1.29 is 0 Å². The van der Waals surface area contributed by atoms with E-state index in [0.29, 0.717) is 5.25 Å². The number of aliphatic imine (C=N–C) groups is 1. The quantitative estimate of drug-likeness (QED) is 0.844. The van der Waals surface area contributed by atoms with Crippen LogP contribution in [0.25, 0.3) is 0 Å². The van der Waals surface area contributed by atoms with E-state index in [2.05, 4.69) is 26.2 Å². The van der Waals surface area contributed by atoms with Crippen molar-refractivity contribution in [2.24, 2.45) is 4.99 Å². The largest absolute Gasteiger partial charge is 0.335 e. The Balaban J connectivity index is 1.98. The Morgan fingerprint density at radius 2 is 2.47 bits per heavy atom. The molecular formula is C10H10BrClN2S. The van der Waals surface area contributed by atoms with Crippen molar-refractivity contribution in [1.82, 2.24) is 0 Å². The summed E-state index contributed by atoms with van der Waals surface area (Å²) in [5, 5.41) is 6.49. The first-order valence-electron chi connectivity index (χ1n) is 4.57. The molecule has 2 nitrogen and oxygen atoms in total. The number of hydrogen-bond acceptors (Lipinski definition) is 3. The van der Waals surface area contributed by atoms with Crippen molar-refractivity contribution in [3.05, 3.63) is 29.3 Å². The summed E-state index contributed by atoms with van der Waals surface area (Å²) in [5.41, 5.74) is 0.990. The third-order valence-electron chi connectivity index (χ3n) is 1.96. The molecular weight excluding hydrogens is 296 g/mol. The summed E-state index contributed by atoms with van der Waals surface area (Å²) < 4.78 is 0. The second-order valence-electron chi connectivity index (χ2n) is 3.18. The number of anilines is 1. The van der Waals surface area contributed by atoms with Gasteiger partial charge in [-0.3, -0.25) is 4.99 Å². The van der Waals surface area contributed by atoms with Crippen molar-refractivity contribution >= 4 is 50.1 Å². The molecule has 0 radical (unpaired) electrons. The van der Waals surface area contributed by atoms with Crippen LogP contribution in [0.3, 0.4) is 0 Å². The summed E-state index contributed by atoms with van der Waals surface area (Å²) in [4.78, 5) is 4.41. The molecule has 1 N–H and O–H groups in total. The van der Waals surface area contributed by atoms with Gasteiger partial charge in [-0.05, 0) is 18.2 Å². The van der Waals surface area contributed by atoms with Gasteiger partial charge in [-0.25, -0.2) is 0 Å². The first kappa shape index (κ1) is 11.3. The average Bonchev–Trinajstić information content (AvgIpc) is 2.65. The van der Waals surface area contributed by atoms with Crippen LogP contribution in [0.1, 0.15) is 0 Å². The Kier molecular flexibility index (Phi) is 3.94. The minimum absolute atomic E-state index is 0.548. The standard InChI is InChI=1S/C10H10BrClN2S/c11-5-9-6-13-10(15-9)14-8-3-1-2-7(12)4-8/h1-4,9H,5-6H2,(H,13,14)/t9-/m1/s1. The minimum Gasteiger partial charge on any atom is -0.335 e. The Hall–Kier alpha value is -0.190. The number of thioether (sulfide) groups is 1. The van der Waals surface area contributed by atoms with Crippen LogP contribution in [-0.4, -0.2) is 22.3 Å². The maximum Gasteiger partial charge on any atom is 0.161 e. The van der Waals surface area contributed by atoms with Gasteiger partial charge in [0.25, 0.3) is 0 Å². The predicted octanol–water partition coefficient (Wildman–Crippen LogP) is 3.62. The van der Waals surface area contributed by atoms with Crippen LogP contribution in [0.4, 0.5) is 5.69 Å². The Labute approximate surface area is 107 Å². The molecule has 1 aliphatic rings. The topological polar surface area (TPSA) is 24.4 Å². The molecule has 1 aromatic carbocycles. The lowest BCUT2D eigenvalue weighted by Crippen LogP contribution is -2.08. The summed E-state index contributed by atoms with van der Waals surface area (Å²) in [5.74, 6) is 0. The summed E-state index contributed by atoms with van der Waals surface area (Å²) >= 11 is 11.1. The number of benzene rings is 1. The molecule has 0 saturated carbocycles. The van der Waals surface area contributed by atoms with E-state index >= 15 is 0 Å². The summed E-state index contributed by atoms with van der Waals surface area (Å²) in [6.45, 7) is 0.874. The lowest BCUT2D eigenvalue weighted by atomic mass is 10.3. The number of alkyl halides is 1. The van der Waals surface area contributed by atoms with Crippen molar-refractivity contribution in [1.29, 1.82) is 0 Å². The molecule has 2 rings (SSSR count). The average molecular weight is 306 g/mol. The van der Waals surface area contributed by atoms with Crippen molar-refractivity contribution in [3.8, 4) is 0 Å². The molecule has 1 heterocycles. The molecule has 1 atom stereocenters. The number of nitrogens with zero attached hydrogens (tertiary/aromatic N) is 1. The van der Waals surface area contributed by atoms with Gasteiger partial charge in [-0.2, -0.15) is 0 Å². The van der Waals surface area contributed by atoms with Gasteiger partial charge < -0.3 is 5.32 Å². The maximum atomic E-state index is 5.89. The highest BCUT2D eigenvalue weighted by molar-refractivity contribution is 9.09. The monoisotopic (exact) mass is 304 g/mol. The zero-order chi connectivity index (χ0) is 10.7. The molecule has 0 amide bonds. The summed E-state index contributed by atoms with van der Waals surface area (Å²) in [7, 11) is 0. The second-order valence-corrected chi connectivity index (χ2v) is 5.55. The van der Waals surface area contributed by atoms with E-state index in [1.54, 1.807) is 11.8 Å². The molecule has 0 saturated heterocycles. The van der Waals surface area contributed by atoms with Crippen LogP contribution in [0.2, 0.25) is 5.02 Å². The molecule has 0 aromatic heterocycles. The van der Waals surface area contributed by atoms with Gasteiger partial charge in [0.2, 0.25) is 0 Å². The van der Waals surface area contributed by atoms with Crippen LogP contribution in [0.15, 0.2) is 29.3 Å². The van der Waals surface area contributed by atoms with Gasteiger partial charge in [0.05, 0.1) is 6.54 Å². The molecule has 0 unspecified atom stereocenters. The highest BCUT2D eigenvalue weighted by Gasteiger charge is 2.18.